The van der Waals surface area contributed by atoms with Crippen LogP contribution in [0.3, 0.4) is 0 Å². The second-order valence-corrected chi connectivity index (χ2v) is 9.87. The number of nitrogens with zero attached hydrogens (tertiary/aromatic N) is 1. The molecule has 0 radical (unpaired) electrons. The Labute approximate surface area is 218 Å². The molecular weight excluding hydrogens is 480 g/mol. The van der Waals surface area contributed by atoms with Crippen LogP contribution in [0.4, 0.5) is 4.79 Å². The Balaban J connectivity index is 3.36. The number of rotatable bonds is 12. The maximum Gasteiger partial charge on any atom is 0.408 e. The Kier molecular flexibility index (Phi) is 12.0. The summed E-state index contributed by atoms with van der Waals surface area (Å²) in [5.41, 5.74) is 5.99. The number of nitrogens with one attached hydrogen (secondary N) is 2. The largest absolute Gasteiger partial charge is 0.466 e. The lowest BCUT2D eigenvalue weighted by atomic mass is 9.99. The quantitative estimate of drug-likeness (QED) is 0.356. The molecule has 0 aliphatic carbocycles. The number of aryl methyl sites for hydroxylation is 1. The molecule has 1 aromatic rings. The molecule has 2 unspecified atom stereocenters. The second kappa shape index (κ2) is 14.2. The van der Waals surface area contributed by atoms with E-state index in [1.807, 2.05) is 6.92 Å². The summed E-state index contributed by atoms with van der Waals surface area (Å²) < 4.78 is 10.1. The Morgan fingerprint density at radius 3 is 2.14 bits per heavy atom. The van der Waals surface area contributed by atoms with E-state index in [1.54, 1.807) is 65.8 Å². The lowest BCUT2D eigenvalue weighted by Gasteiger charge is -2.37. The number of primary amides is 1. The molecule has 4 N–H and O–H groups in total. The number of alkyl carbamates (subject to hydrolysis) is 1. The van der Waals surface area contributed by atoms with E-state index in [0.717, 1.165) is 5.56 Å². The summed E-state index contributed by atoms with van der Waals surface area (Å²) in [6.45, 7) is 12.2. The molecule has 0 bridgehead atoms. The molecule has 0 fully saturated rings. The molecule has 1 aromatic carbocycles. The fourth-order valence-corrected chi connectivity index (χ4v) is 3.52. The summed E-state index contributed by atoms with van der Waals surface area (Å²) in [7, 11) is 0. The highest BCUT2D eigenvalue weighted by Crippen LogP contribution is 2.26. The van der Waals surface area contributed by atoms with Crippen molar-refractivity contribution in [2.75, 3.05) is 13.2 Å². The van der Waals surface area contributed by atoms with Gasteiger partial charge < -0.3 is 30.7 Å². The van der Waals surface area contributed by atoms with E-state index in [9.17, 15) is 24.0 Å². The van der Waals surface area contributed by atoms with Gasteiger partial charge in [-0.15, -0.1) is 0 Å². The highest BCUT2D eigenvalue weighted by atomic mass is 16.6. The molecule has 2 atom stereocenters. The minimum absolute atomic E-state index is 0.00102. The summed E-state index contributed by atoms with van der Waals surface area (Å²) in [6.07, 6.45) is -1.44. The molecule has 0 saturated carbocycles. The lowest BCUT2D eigenvalue weighted by Crippen LogP contribution is -2.56. The summed E-state index contributed by atoms with van der Waals surface area (Å²) in [6, 6.07) is 4.04. The number of carbonyl (C=O) groups is 5. The Morgan fingerprint density at radius 1 is 1.05 bits per heavy atom. The molecule has 37 heavy (non-hydrogen) atoms. The van der Waals surface area contributed by atoms with Gasteiger partial charge in [-0.05, 0) is 54.0 Å². The zero-order valence-corrected chi connectivity index (χ0v) is 22.8. The van der Waals surface area contributed by atoms with E-state index >= 15 is 0 Å². The maximum absolute atomic E-state index is 13.8. The van der Waals surface area contributed by atoms with Crippen molar-refractivity contribution in [2.45, 2.75) is 85.0 Å². The van der Waals surface area contributed by atoms with Crippen molar-refractivity contribution in [3.63, 3.8) is 0 Å². The Morgan fingerprint density at radius 2 is 1.65 bits per heavy atom. The smallest absolute Gasteiger partial charge is 0.408 e. The lowest BCUT2D eigenvalue weighted by molar-refractivity contribution is -0.146. The third-order valence-corrected chi connectivity index (χ3v) is 5.06. The average Bonchev–Trinajstić information content (AvgIpc) is 2.75. The van der Waals surface area contributed by atoms with Gasteiger partial charge in [0.05, 0.1) is 19.4 Å². The van der Waals surface area contributed by atoms with Crippen molar-refractivity contribution in [1.29, 1.82) is 0 Å². The first kappa shape index (κ1) is 31.4. The first-order chi connectivity index (χ1) is 17.2. The molecule has 0 aliphatic heterocycles. The van der Waals surface area contributed by atoms with Crippen molar-refractivity contribution < 1.29 is 33.4 Å². The van der Waals surface area contributed by atoms with Crippen LogP contribution in [0, 0.1) is 6.92 Å². The number of nitrogens with two attached hydrogens (primary N) is 1. The highest BCUT2D eigenvalue weighted by molar-refractivity contribution is 5.94. The summed E-state index contributed by atoms with van der Waals surface area (Å²) in [5, 5.41) is 5.11. The molecule has 0 heterocycles. The molecule has 4 amide bonds. The van der Waals surface area contributed by atoms with E-state index in [-0.39, 0.29) is 19.6 Å². The van der Waals surface area contributed by atoms with Gasteiger partial charge in [0, 0.05) is 12.6 Å². The second-order valence-electron chi connectivity index (χ2n) is 9.87. The minimum Gasteiger partial charge on any atom is -0.466 e. The van der Waals surface area contributed by atoms with Gasteiger partial charge in [0.25, 0.3) is 0 Å². The summed E-state index contributed by atoms with van der Waals surface area (Å²) >= 11 is 0. The predicted octanol–water partition coefficient (Wildman–Crippen LogP) is 2.11. The van der Waals surface area contributed by atoms with Crippen LogP contribution in [-0.4, -0.2) is 65.5 Å². The van der Waals surface area contributed by atoms with Crippen molar-refractivity contribution in [2.24, 2.45) is 5.73 Å². The number of esters is 1. The van der Waals surface area contributed by atoms with E-state index < -0.39 is 59.9 Å². The van der Waals surface area contributed by atoms with Crippen LogP contribution in [0.2, 0.25) is 0 Å². The first-order valence-electron chi connectivity index (χ1n) is 12.3. The normalized spacial score (nSPS) is 12.8. The van der Waals surface area contributed by atoms with E-state index in [0.29, 0.717) is 5.56 Å². The van der Waals surface area contributed by atoms with Crippen molar-refractivity contribution in [3.8, 4) is 0 Å². The zero-order chi connectivity index (χ0) is 28.3. The van der Waals surface area contributed by atoms with Gasteiger partial charge in [0.1, 0.15) is 17.7 Å². The minimum atomic E-state index is -1.37. The van der Waals surface area contributed by atoms with Crippen LogP contribution < -0.4 is 16.4 Å². The monoisotopic (exact) mass is 520 g/mol. The maximum atomic E-state index is 13.8. The Bertz CT molecular complexity index is 955. The molecule has 0 spiro atoms. The van der Waals surface area contributed by atoms with Crippen molar-refractivity contribution in [3.05, 3.63) is 35.4 Å². The van der Waals surface area contributed by atoms with E-state index in [1.165, 1.54) is 4.90 Å². The number of ether oxygens (including phenoxy) is 2. The Hall–Kier alpha value is -3.63. The van der Waals surface area contributed by atoms with E-state index in [2.05, 4.69) is 10.6 Å². The highest BCUT2D eigenvalue weighted by Gasteiger charge is 2.38. The fourth-order valence-electron chi connectivity index (χ4n) is 3.52. The van der Waals surface area contributed by atoms with Crippen LogP contribution in [0.1, 0.15) is 71.6 Å². The number of hydrogen-bond acceptors (Lipinski definition) is 7. The van der Waals surface area contributed by atoms with Gasteiger partial charge in [-0.1, -0.05) is 29.8 Å². The molecule has 11 heteroatoms. The van der Waals surface area contributed by atoms with Crippen LogP contribution in [-0.2, 0) is 28.7 Å². The van der Waals surface area contributed by atoms with Gasteiger partial charge >= 0.3 is 12.1 Å². The van der Waals surface area contributed by atoms with Gasteiger partial charge in [0.2, 0.25) is 17.7 Å². The topological polar surface area (TPSA) is 157 Å². The summed E-state index contributed by atoms with van der Waals surface area (Å²) in [4.78, 5) is 64.4. The van der Waals surface area contributed by atoms with Crippen molar-refractivity contribution in [1.82, 2.24) is 15.5 Å². The molecule has 11 nitrogen and oxygen atoms in total. The predicted molar refractivity (Wildman–Crippen MR) is 137 cm³/mol. The standard InChI is InChI=1S/C26H40N4O7/c1-8-36-21(32)13-14-28-23(33)22(18-11-9-17(4)10-12-18)30(16(2)3)24(34)19(15-20(27)31)29-25(35)37-26(5,6)7/h9-12,16,19,22H,8,13-15H2,1-7H3,(H2,27,31)(H,28,33)(H,29,35). The number of benzene rings is 1. The molecule has 0 aromatic heterocycles. The molecule has 0 aliphatic rings. The van der Waals surface area contributed by atoms with Gasteiger partial charge in [-0.25, -0.2) is 4.79 Å². The average molecular weight is 521 g/mol. The van der Waals surface area contributed by atoms with Crippen LogP contribution in [0.25, 0.3) is 0 Å². The third-order valence-electron chi connectivity index (χ3n) is 5.06. The fraction of sp³-hybridized carbons (Fsp3) is 0.577. The number of amides is 4. The van der Waals surface area contributed by atoms with E-state index in [4.69, 9.17) is 15.2 Å². The number of carbonyl (C=O) groups excluding carboxylic acids is 5. The van der Waals surface area contributed by atoms with Gasteiger partial charge in [-0.2, -0.15) is 0 Å². The third kappa shape index (κ3) is 10.9. The van der Waals surface area contributed by atoms with Crippen LogP contribution >= 0.6 is 0 Å². The molecule has 0 saturated heterocycles. The van der Waals surface area contributed by atoms with Gasteiger partial charge in [-0.3, -0.25) is 19.2 Å². The molecular formula is C26H40N4O7. The molecule has 1 rings (SSSR count). The number of hydrogen-bond donors (Lipinski definition) is 3. The van der Waals surface area contributed by atoms with Crippen LogP contribution in [0.15, 0.2) is 24.3 Å². The molecule has 206 valence electrons. The van der Waals surface area contributed by atoms with Crippen LogP contribution in [0.5, 0.6) is 0 Å². The summed E-state index contributed by atoms with van der Waals surface area (Å²) in [5.74, 6) is -2.51. The van der Waals surface area contributed by atoms with Crippen molar-refractivity contribution >= 4 is 29.8 Å². The first-order valence-corrected chi connectivity index (χ1v) is 12.3. The zero-order valence-electron chi connectivity index (χ0n) is 22.8. The SMILES string of the molecule is CCOC(=O)CCNC(=O)C(c1ccc(C)cc1)N(C(=O)C(CC(N)=O)NC(=O)OC(C)(C)C)C(C)C. The van der Waals surface area contributed by atoms with Gasteiger partial charge in [0.15, 0.2) is 0 Å².